The van der Waals surface area contributed by atoms with Crippen LogP contribution in [0.4, 0.5) is 0 Å². The molecule has 0 spiro atoms. The van der Waals surface area contributed by atoms with Gasteiger partial charge in [0.2, 0.25) is 11.2 Å². The van der Waals surface area contributed by atoms with Crippen molar-refractivity contribution in [1.82, 2.24) is 0 Å². The second-order valence-electron chi connectivity index (χ2n) is 9.71. The van der Waals surface area contributed by atoms with E-state index in [4.69, 9.17) is 4.74 Å². The Labute approximate surface area is 187 Å². The number of ketones is 4. The fraction of sp³-hybridized carbons (Fsp3) is 0.818. The van der Waals surface area contributed by atoms with Crippen molar-refractivity contribution in [3.05, 3.63) is 0 Å². The predicted octanol–water partition coefficient (Wildman–Crippen LogP) is -0.842. The zero-order chi connectivity index (χ0) is 25.6. The van der Waals surface area contributed by atoms with Crippen molar-refractivity contribution in [1.29, 1.82) is 0 Å². The van der Waals surface area contributed by atoms with E-state index < -0.39 is 82.1 Å². The maximum atomic E-state index is 13.3. The molecule has 0 aromatic carbocycles. The summed E-state index contributed by atoms with van der Waals surface area (Å²) in [4.78, 5) is 52.1. The Morgan fingerprint density at radius 3 is 1.41 bits per heavy atom. The molecule has 1 aliphatic rings. The molecule has 0 amide bonds. The minimum atomic E-state index is -3.64. The van der Waals surface area contributed by atoms with E-state index in [9.17, 15) is 44.7 Å². The van der Waals surface area contributed by atoms with Crippen LogP contribution in [0.1, 0.15) is 55.4 Å². The van der Waals surface area contributed by atoms with Gasteiger partial charge in [-0.1, -0.05) is 55.4 Å². The molecule has 10 heteroatoms. The molecular formula is C22H36O10. The minimum Gasteiger partial charge on any atom is -0.382 e. The summed E-state index contributed by atoms with van der Waals surface area (Å²) in [6.45, 7) is 10.6. The molecule has 5 N–H and O–H groups in total. The summed E-state index contributed by atoms with van der Waals surface area (Å²) in [7, 11) is 0. The first-order valence-electron chi connectivity index (χ1n) is 10.7. The third-order valence-electron chi connectivity index (χ3n) is 5.98. The smallest absolute Gasteiger partial charge is 0.213 e. The van der Waals surface area contributed by atoms with Crippen LogP contribution in [0.3, 0.4) is 0 Å². The van der Waals surface area contributed by atoms with Crippen LogP contribution in [-0.2, 0) is 23.9 Å². The SMILES string of the molecule is CC(C)C(=O)C(O)[C@H]1OC(O)[C@@](O)(C(=O)C(C)C)[C@](O)(C(=O)C(C)C)[C@@]1(O)C(=O)C(C)C. The molecule has 6 atom stereocenters. The van der Waals surface area contributed by atoms with Crippen molar-refractivity contribution in [3.63, 3.8) is 0 Å². The van der Waals surface area contributed by atoms with Gasteiger partial charge in [0.1, 0.15) is 12.2 Å². The molecule has 0 aromatic rings. The largest absolute Gasteiger partial charge is 0.382 e. The quantitative estimate of drug-likeness (QED) is 0.291. The van der Waals surface area contributed by atoms with Gasteiger partial charge in [0.15, 0.2) is 35.0 Å². The Kier molecular flexibility index (Phi) is 8.33. The number of rotatable bonds is 9. The minimum absolute atomic E-state index is 0.823. The van der Waals surface area contributed by atoms with E-state index in [1.54, 1.807) is 0 Å². The van der Waals surface area contributed by atoms with Gasteiger partial charge in [-0.05, 0) is 0 Å². The fourth-order valence-corrected chi connectivity index (χ4v) is 4.10. The highest BCUT2D eigenvalue weighted by molar-refractivity contribution is 6.08. The Morgan fingerprint density at radius 1 is 0.688 bits per heavy atom. The lowest BCUT2D eigenvalue weighted by molar-refractivity contribution is -0.367. The lowest BCUT2D eigenvalue weighted by Gasteiger charge is -2.58. The van der Waals surface area contributed by atoms with Crippen LogP contribution in [0.5, 0.6) is 0 Å². The van der Waals surface area contributed by atoms with Crippen molar-refractivity contribution in [2.75, 3.05) is 0 Å². The number of carbonyl (C=O) groups is 4. The number of aliphatic hydroxyl groups is 5. The number of carbonyl (C=O) groups excluding carboxylic acids is 4. The van der Waals surface area contributed by atoms with Gasteiger partial charge in [0.25, 0.3) is 0 Å². The third kappa shape index (κ3) is 3.86. The molecule has 0 aromatic heterocycles. The van der Waals surface area contributed by atoms with Crippen LogP contribution in [0.25, 0.3) is 0 Å². The Bertz CT molecular complexity index is 773. The van der Waals surface area contributed by atoms with Crippen LogP contribution < -0.4 is 0 Å². The highest BCUT2D eigenvalue weighted by atomic mass is 16.7. The van der Waals surface area contributed by atoms with E-state index >= 15 is 0 Å². The highest BCUT2D eigenvalue weighted by Gasteiger charge is 2.81. The van der Waals surface area contributed by atoms with Crippen molar-refractivity contribution in [2.24, 2.45) is 23.7 Å². The summed E-state index contributed by atoms with van der Waals surface area (Å²) in [5.41, 5.74) is -10.6. The first-order valence-corrected chi connectivity index (χ1v) is 10.7. The molecule has 10 nitrogen and oxygen atoms in total. The maximum Gasteiger partial charge on any atom is 0.213 e. The van der Waals surface area contributed by atoms with E-state index in [-0.39, 0.29) is 0 Å². The van der Waals surface area contributed by atoms with E-state index in [1.807, 2.05) is 0 Å². The van der Waals surface area contributed by atoms with Gasteiger partial charge in [-0.3, -0.25) is 19.2 Å². The average molecular weight is 461 g/mol. The Balaban J connectivity index is 4.12. The van der Waals surface area contributed by atoms with Gasteiger partial charge in [-0.25, -0.2) is 0 Å². The first-order chi connectivity index (χ1) is 14.3. The summed E-state index contributed by atoms with van der Waals surface area (Å²) in [6.07, 6.45) is -7.28. The summed E-state index contributed by atoms with van der Waals surface area (Å²) in [6, 6.07) is 0. The first kappa shape index (κ1) is 28.5. The third-order valence-corrected chi connectivity index (χ3v) is 5.98. The normalized spacial score (nSPS) is 34.3. The number of ether oxygens (including phenoxy) is 1. The van der Waals surface area contributed by atoms with Crippen LogP contribution >= 0.6 is 0 Å². The highest BCUT2D eigenvalue weighted by Crippen LogP contribution is 2.49. The van der Waals surface area contributed by atoms with Crippen LogP contribution in [0, 0.1) is 23.7 Å². The summed E-state index contributed by atoms with van der Waals surface area (Å²) in [5, 5.41) is 56.1. The molecule has 0 aliphatic carbocycles. The number of Topliss-reactive ketones (excluding diaryl/α,β-unsaturated/α-hetero) is 4. The lowest BCUT2D eigenvalue weighted by Crippen LogP contribution is -2.88. The van der Waals surface area contributed by atoms with Gasteiger partial charge < -0.3 is 30.3 Å². The van der Waals surface area contributed by atoms with Crippen LogP contribution in [0.15, 0.2) is 0 Å². The molecule has 1 saturated heterocycles. The number of hydrogen-bond donors (Lipinski definition) is 5. The van der Waals surface area contributed by atoms with E-state index in [0.29, 0.717) is 0 Å². The lowest BCUT2D eigenvalue weighted by atomic mass is 9.56. The molecule has 1 rings (SSSR count). The zero-order valence-corrected chi connectivity index (χ0v) is 19.8. The van der Waals surface area contributed by atoms with Crippen LogP contribution in [-0.4, -0.2) is 84.0 Å². The maximum absolute atomic E-state index is 13.3. The molecule has 1 heterocycles. The molecule has 2 unspecified atom stereocenters. The van der Waals surface area contributed by atoms with E-state index in [1.165, 1.54) is 55.4 Å². The van der Waals surface area contributed by atoms with Crippen molar-refractivity contribution < 1.29 is 49.4 Å². The molecule has 0 bridgehead atoms. The molecule has 1 fully saturated rings. The summed E-state index contributed by atoms with van der Waals surface area (Å²) < 4.78 is 5.15. The zero-order valence-electron chi connectivity index (χ0n) is 19.8. The Hall–Kier alpha value is -1.56. The molecule has 32 heavy (non-hydrogen) atoms. The molecule has 0 saturated carbocycles. The van der Waals surface area contributed by atoms with Gasteiger partial charge in [0.05, 0.1) is 0 Å². The molecule has 184 valence electrons. The van der Waals surface area contributed by atoms with Crippen molar-refractivity contribution in [2.45, 2.75) is 90.7 Å². The van der Waals surface area contributed by atoms with Crippen molar-refractivity contribution in [3.8, 4) is 0 Å². The van der Waals surface area contributed by atoms with Gasteiger partial charge >= 0.3 is 0 Å². The second kappa shape index (κ2) is 9.36. The molecular weight excluding hydrogens is 424 g/mol. The van der Waals surface area contributed by atoms with E-state index in [0.717, 1.165) is 0 Å². The average Bonchev–Trinajstić information content (AvgIpc) is 2.71. The standard InChI is InChI=1S/C22H36O10/c1-9(2)13(23)14(24)18-20(29,15(25)10(3)4)22(31,17(27)12(7)8)21(30,19(28)32-18)16(26)11(5)6/h9-12,14,18-19,24,28-31H,1-8H3/t14?,18-,19?,20-,21+,22+/m1/s1. The van der Waals surface area contributed by atoms with Crippen molar-refractivity contribution >= 4 is 23.1 Å². The summed E-state index contributed by atoms with van der Waals surface area (Å²) >= 11 is 0. The number of hydrogen-bond acceptors (Lipinski definition) is 10. The molecule has 1 aliphatic heterocycles. The Morgan fingerprint density at radius 2 is 1.06 bits per heavy atom. The van der Waals surface area contributed by atoms with E-state index in [2.05, 4.69) is 0 Å². The predicted molar refractivity (Wildman–Crippen MR) is 111 cm³/mol. The van der Waals surface area contributed by atoms with Gasteiger partial charge in [0, 0.05) is 23.7 Å². The molecule has 0 radical (unpaired) electrons. The topological polar surface area (TPSA) is 179 Å². The summed E-state index contributed by atoms with van der Waals surface area (Å²) in [5.74, 6) is -8.97. The second-order valence-corrected chi connectivity index (χ2v) is 9.71. The van der Waals surface area contributed by atoms with Crippen LogP contribution in [0.2, 0.25) is 0 Å². The fourth-order valence-electron chi connectivity index (χ4n) is 4.10. The monoisotopic (exact) mass is 460 g/mol. The van der Waals surface area contributed by atoms with Gasteiger partial charge in [-0.2, -0.15) is 0 Å². The number of aliphatic hydroxyl groups excluding tert-OH is 2. The van der Waals surface area contributed by atoms with Gasteiger partial charge in [-0.15, -0.1) is 0 Å².